The lowest BCUT2D eigenvalue weighted by Crippen LogP contribution is -2.34. The number of nitrogens with one attached hydrogen (secondary N) is 2. The molecule has 0 saturated carbocycles. The Kier molecular flexibility index (Phi) is 5.80. The Morgan fingerprint density at radius 1 is 1.50 bits per heavy atom. The van der Waals surface area contributed by atoms with Crippen LogP contribution in [0.15, 0.2) is 18.2 Å². The third kappa shape index (κ3) is 4.45. The molecule has 6 heteroatoms. The number of hydrogen-bond donors (Lipinski definition) is 3. The van der Waals surface area contributed by atoms with Crippen molar-refractivity contribution >= 4 is 29.1 Å². The van der Waals surface area contributed by atoms with E-state index in [2.05, 4.69) is 17.6 Å². The molecular weight excluding hydrogens is 302 g/mol. The monoisotopic (exact) mass is 323 g/mol. The van der Waals surface area contributed by atoms with Gasteiger partial charge in [-0.1, -0.05) is 18.5 Å². The van der Waals surface area contributed by atoms with Crippen molar-refractivity contribution in [2.45, 2.75) is 26.2 Å². The number of carbonyl (C=O) groups excluding carboxylic acids is 2. The average Bonchev–Trinajstić information content (AvgIpc) is 2.47. The van der Waals surface area contributed by atoms with Crippen LogP contribution in [0, 0.1) is 11.8 Å². The molecule has 2 atom stereocenters. The quantitative estimate of drug-likeness (QED) is 0.778. The molecule has 0 radical (unpaired) electrons. The van der Waals surface area contributed by atoms with Crippen molar-refractivity contribution in [2.24, 2.45) is 17.6 Å². The van der Waals surface area contributed by atoms with Gasteiger partial charge in [-0.15, -0.1) is 0 Å². The Morgan fingerprint density at radius 3 is 2.86 bits per heavy atom. The molecule has 2 amide bonds. The van der Waals surface area contributed by atoms with Crippen LogP contribution in [0.4, 0.5) is 5.69 Å². The predicted molar refractivity (Wildman–Crippen MR) is 88.0 cm³/mol. The van der Waals surface area contributed by atoms with E-state index in [0.717, 1.165) is 13.1 Å². The molecule has 1 aromatic rings. The Balaban J connectivity index is 1.91. The lowest BCUT2D eigenvalue weighted by molar-refractivity contribution is -0.117. The van der Waals surface area contributed by atoms with E-state index in [1.165, 1.54) is 18.9 Å². The first kappa shape index (κ1) is 16.8. The van der Waals surface area contributed by atoms with Crippen molar-refractivity contribution in [1.29, 1.82) is 0 Å². The summed E-state index contributed by atoms with van der Waals surface area (Å²) in [6.45, 7) is 4.16. The van der Waals surface area contributed by atoms with Crippen LogP contribution in [0.1, 0.15) is 36.5 Å². The number of hydrogen-bond acceptors (Lipinski definition) is 3. The molecule has 4 N–H and O–H groups in total. The summed E-state index contributed by atoms with van der Waals surface area (Å²) in [5.74, 6) is 0.246. The molecule has 1 fully saturated rings. The van der Waals surface area contributed by atoms with E-state index in [1.807, 2.05) is 0 Å². The SMILES string of the molecule is CC(CC(=O)Nc1ccc(C(N)=O)c(Cl)c1)C1CCCNC1. The number of piperidine rings is 1. The molecule has 1 aromatic carbocycles. The normalized spacial score (nSPS) is 19.5. The van der Waals surface area contributed by atoms with Gasteiger partial charge >= 0.3 is 0 Å². The molecule has 5 nitrogen and oxygen atoms in total. The molecule has 1 aliphatic rings. The van der Waals surface area contributed by atoms with E-state index in [-0.39, 0.29) is 16.5 Å². The Morgan fingerprint density at radius 2 is 2.27 bits per heavy atom. The standard InChI is InChI=1S/C16H22ClN3O2/c1-10(11-3-2-6-19-9-11)7-15(21)20-12-4-5-13(16(18)22)14(17)8-12/h4-5,8,10-11,19H,2-3,6-7,9H2,1H3,(H2,18,22)(H,20,21). The zero-order valence-corrected chi connectivity index (χ0v) is 13.5. The summed E-state index contributed by atoms with van der Waals surface area (Å²) in [5, 5.41) is 6.44. The van der Waals surface area contributed by atoms with Crippen LogP contribution >= 0.6 is 11.6 Å². The van der Waals surface area contributed by atoms with Crippen molar-refractivity contribution in [3.63, 3.8) is 0 Å². The van der Waals surface area contributed by atoms with Crippen molar-refractivity contribution in [2.75, 3.05) is 18.4 Å². The highest BCUT2D eigenvalue weighted by molar-refractivity contribution is 6.34. The van der Waals surface area contributed by atoms with Crippen molar-refractivity contribution < 1.29 is 9.59 Å². The van der Waals surface area contributed by atoms with Crippen LogP contribution in [-0.2, 0) is 4.79 Å². The van der Waals surface area contributed by atoms with Crippen molar-refractivity contribution in [3.05, 3.63) is 28.8 Å². The van der Waals surface area contributed by atoms with Crippen molar-refractivity contribution in [1.82, 2.24) is 5.32 Å². The Hall–Kier alpha value is -1.59. The zero-order valence-electron chi connectivity index (χ0n) is 12.7. The van der Waals surface area contributed by atoms with Gasteiger partial charge in [-0.25, -0.2) is 0 Å². The molecule has 1 heterocycles. The molecule has 2 rings (SSSR count). The minimum Gasteiger partial charge on any atom is -0.366 e. The first-order chi connectivity index (χ1) is 10.5. The van der Waals surface area contributed by atoms with E-state index in [4.69, 9.17) is 17.3 Å². The number of halogens is 1. The molecular formula is C16H22ClN3O2. The molecule has 120 valence electrons. The number of carbonyl (C=O) groups is 2. The Bertz CT molecular complexity index is 556. The molecule has 0 aliphatic carbocycles. The average molecular weight is 324 g/mol. The van der Waals surface area contributed by atoms with Crippen LogP contribution in [-0.4, -0.2) is 24.9 Å². The third-order valence-electron chi connectivity index (χ3n) is 4.17. The van der Waals surface area contributed by atoms with Gasteiger partial charge < -0.3 is 16.4 Å². The minimum absolute atomic E-state index is 0.0408. The van der Waals surface area contributed by atoms with Gasteiger partial charge in [-0.3, -0.25) is 9.59 Å². The summed E-state index contributed by atoms with van der Waals surface area (Å²) in [6.07, 6.45) is 2.81. The highest BCUT2D eigenvalue weighted by atomic mass is 35.5. The third-order valence-corrected chi connectivity index (χ3v) is 4.48. The summed E-state index contributed by atoms with van der Waals surface area (Å²) >= 11 is 5.97. The second-order valence-electron chi connectivity index (χ2n) is 5.89. The van der Waals surface area contributed by atoms with Crippen LogP contribution in [0.5, 0.6) is 0 Å². The summed E-state index contributed by atoms with van der Waals surface area (Å²) in [4.78, 5) is 23.2. The fourth-order valence-electron chi connectivity index (χ4n) is 2.83. The Labute approximate surface area is 135 Å². The van der Waals surface area contributed by atoms with E-state index in [1.54, 1.807) is 12.1 Å². The van der Waals surface area contributed by atoms with Crippen LogP contribution < -0.4 is 16.4 Å². The molecule has 0 aromatic heterocycles. The van der Waals surface area contributed by atoms with Gasteiger partial charge in [0.1, 0.15) is 0 Å². The minimum atomic E-state index is -0.582. The fraction of sp³-hybridized carbons (Fsp3) is 0.500. The number of nitrogens with two attached hydrogens (primary N) is 1. The van der Waals surface area contributed by atoms with E-state index >= 15 is 0 Å². The van der Waals surface area contributed by atoms with Gasteiger partial charge in [0.2, 0.25) is 11.8 Å². The molecule has 1 aliphatic heterocycles. The van der Waals surface area contributed by atoms with Gasteiger partial charge in [0.05, 0.1) is 10.6 Å². The summed E-state index contributed by atoms with van der Waals surface area (Å²) in [6, 6.07) is 4.71. The molecule has 2 unspecified atom stereocenters. The maximum atomic E-state index is 12.1. The molecule has 1 saturated heterocycles. The molecule has 0 spiro atoms. The highest BCUT2D eigenvalue weighted by Gasteiger charge is 2.22. The number of amides is 2. The number of benzene rings is 1. The largest absolute Gasteiger partial charge is 0.366 e. The van der Waals surface area contributed by atoms with E-state index in [0.29, 0.717) is 23.9 Å². The number of rotatable bonds is 5. The first-order valence-electron chi connectivity index (χ1n) is 7.57. The summed E-state index contributed by atoms with van der Waals surface area (Å²) in [7, 11) is 0. The number of anilines is 1. The lowest BCUT2D eigenvalue weighted by atomic mass is 9.85. The maximum Gasteiger partial charge on any atom is 0.250 e. The highest BCUT2D eigenvalue weighted by Crippen LogP contribution is 2.24. The fourth-order valence-corrected chi connectivity index (χ4v) is 3.10. The van der Waals surface area contributed by atoms with Crippen LogP contribution in [0.2, 0.25) is 5.02 Å². The lowest BCUT2D eigenvalue weighted by Gasteiger charge is -2.28. The maximum absolute atomic E-state index is 12.1. The summed E-state index contributed by atoms with van der Waals surface area (Å²) < 4.78 is 0. The topological polar surface area (TPSA) is 84.2 Å². The van der Waals surface area contributed by atoms with Gasteiger partial charge in [-0.05, 0) is 56.0 Å². The van der Waals surface area contributed by atoms with Crippen LogP contribution in [0.3, 0.4) is 0 Å². The van der Waals surface area contributed by atoms with Gasteiger partial charge in [0.25, 0.3) is 0 Å². The molecule has 0 bridgehead atoms. The van der Waals surface area contributed by atoms with Gasteiger partial charge in [0.15, 0.2) is 0 Å². The predicted octanol–water partition coefficient (Wildman–Crippen LogP) is 2.40. The van der Waals surface area contributed by atoms with Crippen LogP contribution in [0.25, 0.3) is 0 Å². The smallest absolute Gasteiger partial charge is 0.250 e. The van der Waals surface area contributed by atoms with E-state index < -0.39 is 5.91 Å². The van der Waals surface area contributed by atoms with E-state index in [9.17, 15) is 9.59 Å². The van der Waals surface area contributed by atoms with Gasteiger partial charge in [-0.2, -0.15) is 0 Å². The second-order valence-corrected chi connectivity index (χ2v) is 6.30. The summed E-state index contributed by atoms with van der Waals surface area (Å²) in [5.41, 5.74) is 6.03. The zero-order chi connectivity index (χ0) is 16.1. The first-order valence-corrected chi connectivity index (χ1v) is 7.95. The van der Waals surface area contributed by atoms with Gasteiger partial charge in [0, 0.05) is 12.1 Å². The number of primary amides is 1. The molecule has 22 heavy (non-hydrogen) atoms. The second kappa shape index (κ2) is 7.61. The van der Waals surface area contributed by atoms with Crippen molar-refractivity contribution in [3.8, 4) is 0 Å².